The van der Waals surface area contributed by atoms with Crippen LogP contribution in [0, 0.1) is 5.82 Å². The van der Waals surface area contributed by atoms with Crippen molar-refractivity contribution in [2.75, 3.05) is 5.32 Å². The van der Waals surface area contributed by atoms with Crippen LogP contribution in [0.3, 0.4) is 0 Å². The molecule has 1 heterocycles. The van der Waals surface area contributed by atoms with Gasteiger partial charge >= 0.3 is 6.01 Å². The second-order valence-corrected chi connectivity index (χ2v) is 3.14. The number of nitrogens with zero attached hydrogens (tertiary/aromatic N) is 2. The first-order valence-electron chi connectivity index (χ1n) is 3.76. The van der Waals surface area contributed by atoms with Gasteiger partial charge in [-0.25, -0.2) is 4.39 Å². The molecule has 0 saturated heterocycles. The summed E-state index contributed by atoms with van der Waals surface area (Å²) >= 11 is 2.99. The molecular formula is C8H5BrFN3O. The predicted octanol–water partition coefficient (Wildman–Crippen LogP) is 2.71. The number of halogens is 2. The van der Waals surface area contributed by atoms with E-state index in [-0.39, 0.29) is 16.6 Å². The smallest absolute Gasteiger partial charge is 0.320 e. The van der Waals surface area contributed by atoms with Crippen LogP contribution in [-0.2, 0) is 0 Å². The first-order valence-corrected chi connectivity index (χ1v) is 4.55. The molecule has 0 saturated carbocycles. The molecule has 0 aliphatic carbocycles. The Morgan fingerprint density at radius 1 is 1.29 bits per heavy atom. The Hall–Kier alpha value is -1.43. The lowest BCUT2D eigenvalue weighted by atomic mass is 10.3. The van der Waals surface area contributed by atoms with Crippen LogP contribution >= 0.6 is 15.9 Å². The summed E-state index contributed by atoms with van der Waals surface area (Å²) in [5.41, 5.74) is 0.295. The van der Waals surface area contributed by atoms with E-state index >= 15 is 0 Å². The van der Waals surface area contributed by atoms with Gasteiger partial charge in [0, 0.05) is 15.9 Å². The number of hydrogen-bond donors (Lipinski definition) is 1. The van der Waals surface area contributed by atoms with E-state index in [0.29, 0.717) is 5.69 Å². The van der Waals surface area contributed by atoms with Crippen LogP contribution in [0.2, 0.25) is 0 Å². The number of anilines is 2. The van der Waals surface area contributed by atoms with Crippen molar-refractivity contribution in [3.63, 3.8) is 0 Å². The largest absolute Gasteiger partial charge is 0.397 e. The fourth-order valence-electron chi connectivity index (χ4n) is 0.934. The van der Waals surface area contributed by atoms with Gasteiger partial charge in [-0.3, -0.25) is 0 Å². The van der Waals surface area contributed by atoms with Gasteiger partial charge in [-0.15, -0.1) is 0 Å². The maximum atomic E-state index is 13.1. The molecule has 1 N–H and O–H groups in total. The summed E-state index contributed by atoms with van der Waals surface area (Å²) in [6.07, 6.45) is 0. The van der Waals surface area contributed by atoms with E-state index in [1.165, 1.54) is 6.07 Å². The highest BCUT2D eigenvalue weighted by atomic mass is 79.9. The summed E-state index contributed by atoms with van der Waals surface area (Å²) in [7, 11) is 0. The van der Waals surface area contributed by atoms with Gasteiger partial charge in [-0.1, -0.05) is 22.3 Å². The van der Waals surface area contributed by atoms with E-state index in [2.05, 4.69) is 31.4 Å². The highest BCUT2D eigenvalue weighted by Crippen LogP contribution is 2.19. The van der Waals surface area contributed by atoms with E-state index in [1.807, 2.05) is 0 Å². The van der Waals surface area contributed by atoms with Crippen molar-refractivity contribution in [2.24, 2.45) is 0 Å². The zero-order valence-electron chi connectivity index (χ0n) is 6.87. The zero-order valence-corrected chi connectivity index (χ0v) is 8.45. The van der Waals surface area contributed by atoms with Gasteiger partial charge in [0.1, 0.15) is 5.82 Å². The highest BCUT2D eigenvalue weighted by Gasteiger charge is 2.05. The minimum Gasteiger partial charge on any atom is -0.397 e. The molecule has 0 radical (unpaired) electrons. The van der Waals surface area contributed by atoms with Crippen LogP contribution in [0.5, 0.6) is 0 Å². The van der Waals surface area contributed by atoms with Gasteiger partial charge in [0.15, 0.2) is 0 Å². The molecule has 72 valence electrons. The van der Waals surface area contributed by atoms with E-state index in [4.69, 9.17) is 4.42 Å². The molecule has 14 heavy (non-hydrogen) atoms. The predicted molar refractivity (Wildman–Crippen MR) is 51.7 cm³/mol. The molecule has 0 bridgehead atoms. The monoisotopic (exact) mass is 257 g/mol. The Kier molecular flexibility index (Phi) is 2.45. The van der Waals surface area contributed by atoms with Crippen molar-refractivity contribution in [3.8, 4) is 0 Å². The minimum atomic E-state index is -0.373. The van der Waals surface area contributed by atoms with Gasteiger partial charge in [0.2, 0.25) is 0 Å². The Balaban J connectivity index is 2.23. The maximum absolute atomic E-state index is 13.1. The zero-order chi connectivity index (χ0) is 9.97. The third-order valence-corrected chi connectivity index (χ3v) is 1.84. The molecule has 0 fully saturated rings. The average Bonchev–Trinajstić information content (AvgIpc) is 2.56. The van der Waals surface area contributed by atoms with Crippen molar-refractivity contribution in [2.45, 2.75) is 0 Å². The Morgan fingerprint density at radius 2 is 2.07 bits per heavy atom. The fraction of sp³-hybridized carbons (Fsp3) is 0. The summed E-state index contributed by atoms with van der Waals surface area (Å²) in [5.74, 6) is -0.373. The van der Waals surface area contributed by atoms with E-state index in [9.17, 15) is 4.39 Å². The lowest BCUT2D eigenvalue weighted by molar-refractivity contribution is 0.541. The summed E-state index contributed by atoms with van der Waals surface area (Å²) < 4.78 is 18.1. The number of nitrogens with one attached hydrogen (secondary N) is 1. The molecule has 2 rings (SSSR count). The van der Waals surface area contributed by atoms with E-state index < -0.39 is 0 Å². The molecule has 0 aliphatic heterocycles. The lowest BCUT2D eigenvalue weighted by Crippen LogP contribution is -1.93. The SMILES string of the molecule is Fc1ccccc1Nc1nnc(Br)o1. The molecule has 0 amide bonds. The molecule has 0 unspecified atom stereocenters. The topological polar surface area (TPSA) is 51.0 Å². The second-order valence-electron chi connectivity index (χ2n) is 2.47. The van der Waals surface area contributed by atoms with Crippen LogP contribution in [0.1, 0.15) is 0 Å². The number of para-hydroxylation sites is 1. The molecule has 0 spiro atoms. The number of aromatic nitrogens is 2. The third-order valence-electron chi connectivity index (χ3n) is 1.52. The van der Waals surface area contributed by atoms with Crippen molar-refractivity contribution >= 4 is 27.6 Å². The molecule has 0 aliphatic rings. The average molecular weight is 258 g/mol. The second kappa shape index (κ2) is 3.75. The summed E-state index contributed by atoms with van der Waals surface area (Å²) in [4.78, 5) is 0.247. The van der Waals surface area contributed by atoms with Crippen molar-refractivity contribution in [3.05, 3.63) is 34.9 Å². The van der Waals surface area contributed by atoms with Crippen LogP contribution in [0.25, 0.3) is 0 Å². The Labute approximate surface area is 87.3 Å². The van der Waals surface area contributed by atoms with Gasteiger partial charge < -0.3 is 9.73 Å². The summed E-state index contributed by atoms with van der Waals surface area (Å²) in [6.45, 7) is 0. The van der Waals surface area contributed by atoms with Crippen molar-refractivity contribution in [1.29, 1.82) is 0 Å². The number of rotatable bonds is 2. The molecule has 1 aromatic carbocycles. The van der Waals surface area contributed by atoms with Gasteiger partial charge in [0.05, 0.1) is 5.69 Å². The molecular weight excluding hydrogens is 253 g/mol. The van der Waals surface area contributed by atoms with E-state index in [1.54, 1.807) is 18.2 Å². The van der Waals surface area contributed by atoms with Crippen LogP contribution < -0.4 is 5.32 Å². The quantitative estimate of drug-likeness (QED) is 0.899. The standard InChI is InChI=1S/C8H5BrFN3O/c9-7-12-13-8(14-7)11-6-4-2-1-3-5(6)10/h1-4H,(H,11,13). The van der Waals surface area contributed by atoms with Crippen LogP contribution in [-0.4, -0.2) is 10.2 Å². The van der Waals surface area contributed by atoms with Gasteiger partial charge in [-0.05, 0) is 12.1 Å². The van der Waals surface area contributed by atoms with Crippen molar-refractivity contribution < 1.29 is 8.81 Å². The first kappa shape index (κ1) is 9.14. The molecule has 4 nitrogen and oxygen atoms in total. The van der Waals surface area contributed by atoms with Crippen LogP contribution in [0.15, 0.2) is 33.5 Å². The number of benzene rings is 1. The Morgan fingerprint density at radius 3 is 2.71 bits per heavy atom. The number of hydrogen-bond acceptors (Lipinski definition) is 4. The third kappa shape index (κ3) is 1.90. The normalized spacial score (nSPS) is 10.1. The van der Waals surface area contributed by atoms with Crippen molar-refractivity contribution in [1.82, 2.24) is 10.2 Å². The fourth-order valence-corrected chi connectivity index (χ4v) is 1.17. The minimum absolute atomic E-state index is 0.141. The van der Waals surface area contributed by atoms with Gasteiger partial charge in [0.25, 0.3) is 4.80 Å². The van der Waals surface area contributed by atoms with Crippen LogP contribution in [0.4, 0.5) is 16.1 Å². The molecule has 6 heteroatoms. The Bertz CT molecular complexity index is 446. The summed E-state index contributed by atoms with van der Waals surface area (Å²) in [6, 6.07) is 6.37. The summed E-state index contributed by atoms with van der Waals surface area (Å²) in [5, 5.41) is 9.82. The molecule has 2 aromatic rings. The van der Waals surface area contributed by atoms with Gasteiger partial charge in [-0.2, -0.15) is 0 Å². The van der Waals surface area contributed by atoms with E-state index in [0.717, 1.165) is 0 Å². The molecule has 0 atom stereocenters. The molecule has 1 aromatic heterocycles. The first-order chi connectivity index (χ1) is 6.75. The lowest BCUT2D eigenvalue weighted by Gasteiger charge is -2.00. The highest BCUT2D eigenvalue weighted by molar-refractivity contribution is 9.10. The maximum Gasteiger partial charge on any atom is 0.320 e.